The molecule has 1 heterocycles. The molecule has 21 heavy (non-hydrogen) atoms. The summed E-state index contributed by atoms with van der Waals surface area (Å²) in [6.07, 6.45) is 0. The molecule has 0 saturated carbocycles. The molecule has 2 aromatic rings. The van der Waals surface area contributed by atoms with E-state index in [1.165, 1.54) is 0 Å². The van der Waals surface area contributed by atoms with Crippen LogP contribution in [0.4, 0.5) is 5.69 Å². The van der Waals surface area contributed by atoms with Crippen molar-refractivity contribution >= 4 is 66.2 Å². The maximum absolute atomic E-state index is 12.4. The molecule has 4 nitrogen and oxygen atoms in total. The average Bonchev–Trinajstić information content (AvgIpc) is 2.84. The van der Waals surface area contributed by atoms with Crippen LogP contribution in [-0.4, -0.2) is 15.5 Å². The highest BCUT2D eigenvalue weighted by Gasteiger charge is 2.20. The largest absolute Gasteiger partial charge is 0.316 e. The molecule has 0 fully saturated rings. The number of thiophene rings is 1. The second-order valence-electron chi connectivity index (χ2n) is 4.15. The standard InChI is InChI=1S/C12H11BrCl2N2O2S2/c1-16-5-7-2-11(20-6-7)21(18,19)17-12-9(14)3-8(13)4-10(12)15/h2-4,6,16-17H,5H2,1H3. The highest BCUT2D eigenvalue weighted by atomic mass is 79.9. The van der Waals surface area contributed by atoms with Gasteiger partial charge in [-0.15, -0.1) is 11.3 Å². The summed E-state index contributed by atoms with van der Waals surface area (Å²) in [6.45, 7) is 0.603. The van der Waals surface area contributed by atoms with E-state index in [-0.39, 0.29) is 19.9 Å². The number of halogens is 3. The lowest BCUT2D eigenvalue weighted by Gasteiger charge is -2.10. The van der Waals surface area contributed by atoms with E-state index in [1.807, 2.05) is 0 Å². The fourth-order valence-corrected chi connectivity index (χ4v) is 5.34. The van der Waals surface area contributed by atoms with Gasteiger partial charge in [-0.3, -0.25) is 4.72 Å². The molecule has 0 aliphatic heterocycles. The van der Waals surface area contributed by atoms with Gasteiger partial charge in [-0.25, -0.2) is 8.42 Å². The maximum atomic E-state index is 12.4. The van der Waals surface area contributed by atoms with Gasteiger partial charge in [0.2, 0.25) is 0 Å². The van der Waals surface area contributed by atoms with Crippen molar-refractivity contribution < 1.29 is 8.42 Å². The van der Waals surface area contributed by atoms with Crippen LogP contribution in [0.1, 0.15) is 5.56 Å². The van der Waals surface area contributed by atoms with Crippen molar-refractivity contribution in [3.8, 4) is 0 Å². The van der Waals surface area contributed by atoms with Crippen molar-refractivity contribution in [3.63, 3.8) is 0 Å². The van der Waals surface area contributed by atoms with Crippen LogP contribution in [0.15, 0.2) is 32.3 Å². The average molecular weight is 430 g/mol. The Morgan fingerprint density at radius 3 is 2.43 bits per heavy atom. The number of nitrogens with one attached hydrogen (secondary N) is 2. The minimum Gasteiger partial charge on any atom is -0.316 e. The lowest BCUT2D eigenvalue weighted by molar-refractivity contribution is 0.603. The van der Waals surface area contributed by atoms with Gasteiger partial charge in [0.15, 0.2) is 0 Å². The first-order valence-corrected chi connectivity index (χ1v) is 9.64. The van der Waals surface area contributed by atoms with Crippen LogP contribution in [0.25, 0.3) is 0 Å². The zero-order valence-corrected chi connectivity index (χ0v) is 15.5. The van der Waals surface area contributed by atoms with Gasteiger partial charge in [0, 0.05) is 11.0 Å². The molecular weight excluding hydrogens is 419 g/mol. The van der Waals surface area contributed by atoms with Gasteiger partial charge in [0.1, 0.15) is 4.21 Å². The first-order valence-electron chi connectivity index (χ1n) is 5.73. The molecule has 0 bridgehead atoms. The van der Waals surface area contributed by atoms with Crippen LogP contribution >= 0.6 is 50.5 Å². The summed E-state index contributed by atoms with van der Waals surface area (Å²) in [7, 11) is -1.92. The maximum Gasteiger partial charge on any atom is 0.271 e. The Labute approximate surface area is 145 Å². The zero-order chi connectivity index (χ0) is 15.6. The Hall–Kier alpha value is -0.310. The number of hydrogen-bond donors (Lipinski definition) is 2. The molecule has 9 heteroatoms. The number of anilines is 1. The van der Waals surface area contributed by atoms with Crippen molar-refractivity contribution in [3.05, 3.63) is 43.7 Å². The molecule has 1 aromatic carbocycles. The molecule has 2 N–H and O–H groups in total. The first kappa shape index (κ1) is 17.1. The van der Waals surface area contributed by atoms with Crippen LogP contribution in [0, 0.1) is 0 Å². The molecular formula is C12H11BrCl2N2O2S2. The third kappa shape index (κ3) is 4.12. The van der Waals surface area contributed by atoms with Gasteiger partial charge in [0.05, 0.1) is 15.7 Å². The third-order valence-corrected chi connectivity index (χ3v) is 6.41. The van der Waals surface area contributed by atoms with Crippen molar-refractivity contribution in [2.75, 3.05) is 11.8 Å². The van der Waals surface area contributed by atoms with E-state index >= 15 is 0 Å². The van der Waals surface area contributed by atoms with Crippen molar-refractivity contribution in [1.29, 1.82) is 0 Å². The summed E-state index contributed by atoms with van der Waals surface area (Å²) in [6, 6.07) is 4.77. The van der Waals surface area contributed by atoms with Crippen LogP contribution in [0.3, 0.4) is 0 Å². The van der Waals surface area contributed by atoms with Crippen LogP contribution in [0.2, 0.25) is 10.0 Å². The molecule has 0 radical (unpaired) electrons. The molecule has 0 aliphatic carbocycles. The molecule has 2 rings (SSSR count). The minimum atomic E-state index is -3.71. The molecule has 0 atom stereocenters. The Balaban J connectivity index is 2.33. The van der Waals surface area contributed by atoms with Gasteiger partial charge in [-0.1, -0.05) is 39.1 Å². The second-order valence-corrected chi connectivity index (χ2v) is 8.70. The fraction of sp³-hybridized carbons (Fsp3) is 0.167. The molecule has 0 unspecified atom stereocenters. The monoisotopic (exact) mass is 428 g/mol. The minimum absolute atomic E-state index is 0.171. The number of benzene rings is 1. The van der Waals surface area contributed by atoms with E-state index < -0.39 is 10.0 Å². The Kier molecular flexibility index (Phi) is 5.56. The normalized spacial score (nSPS) is 11.6. The summed E-state index contributed by atoms with van der Waals surface area (Å²) in [5.74, 6) is 0. The predicted octanol–water partition coefficient (Wildman–Crippen LogP) is 4.34. The molecule has 1 aromatic heterocycles. The number of sulfonamides is 1. The summed E-state index contributed by atoms with van der Waals surface area (Å²) in [5, 5.41) is 5.21. The lowest BCUT2D eigenvalue weighted by atomic mass is 10.3. The second kappa shape index (κ2) is 6.85. The Bertz CT molecular complexity index is 739. The molecule has 0 saturated heterocycles. The lowest BCUT2D eigenvalue weighted by Crippen LogP contribution is -2.12. The zero-order valence-electron chi connectivity index (χ0n) is 10.8. The fourth-order valence-electron chi connectivity index (χ4n) is 1.62. The molecule has 114 valence electrons. The molecule has 0 amide bonds. The summed E-state index contributed by atoms with van der Waals surface area (Å²) >= 11 is 16.5. The third-order valence-electron chi connectivity index (χ3n) is 2.52. The van der Waals surface area contributed by atoms with Crippen molar-refractivity contribution in [1.82, 2.24) is 5.32 Å². The van der Waals surface area contributed by atoms with E-state index in [1.54, 1.807) is 30.6 Å². The summed E-state index contributed by atoms with van der Waals surface area (Å²) in [4.78, 5) is 0. The van der Waals surface area contributed by atoms with Gasteiger partial charge in [-0.2, -0.15) is 0 Å². The number of rotatable bonds is 5. The van der Waals surface area contributed by atoms with E-state index in [0.29, 0.717) is 11.0 Å². The van der Waals surface area contributed by atoms with Gasteiger partial charge < -0.3 is 5.32 Å². The Morgan fingerprint density at radius 1 is 1.24 bits per heavy atom. The topological polar surface area (TPSA) is 58.2 Å². The highest BCUT2D eigenvalue weighted by Crippen LogP contribution is 2.35. The van der Waals surface area contributed by atoms with Gasteiger partial charge in [-0.05, 0) is 36.2 Å². The van der Waals surface area contributed by atoms with E-state index in [2.05, 4.69) is 26.0 Å². The quantitative estimate of drug-likeness (QED) is 0.743. The van der Waals surface area contributed by atoms with Crippen LogP contribution in [0.5, 0.6) is 0 Å². The molecule has 0 aliphatic rings. The van der Waals surface area contributed by atoms with Crippen molar-refractivity contribution in [2.45, 2.75) is 10.8 Å². The van der Waals surface area contributed by atoms with Gasteiger partial charge >= 0.3 is 0 Å². The SMILES string of the molecule is CNCc1csc(S(=O)(=O)Nc2c(Cl)cc(Br)cc2Cl)c1. The van der Waals surface area contributed by atoms with E-state index in [4.69, 9.17) is 23.2 Å². The predicted molar refractivity (Wildman–Crippen MR) is 92.1 cm³/mol. The summed E-state index contributed by atoms with van der Waals surface area (Å²) < 4.78 is 28.0. The highest BCUT2D eigenvalue weighted by molar-refractivity contribution is 9.10. The van der Waals surface area contributed by atoms with E-state index in [9.17, 15) is 8.42 Å². The Morgan fingerprint density at radius 2 is 1.86 bits per heavy atom. The summed E-state index contributed by atoms with van der Waals surface area (Å²) in [5.41, 5.74) is 1.07. The van der Waals surface area contributed by atoms with Crippen molar-refractivity contribution in [2.24, 2.45) is 0 Å². The molecule has 0 spiro atoms. The van der Waals surface area contributed by atoms with E-state index in [0.717, 1.165) is 16.9 Å². The smallest absolute Gasteiger partial charge is 0.271 e. The van der Waals surface area contributed by atoms with Crippen LogP contribution in [-0.2, 0) is 16.6 Å². The van der Waals surface area contributed by atoms with Gasteiger partial charge in [0.25, 0.3) is 10.0 Å². The number of hydrogen-bond acceptors (Lipinski definition) is 4. The van der Waals surface area contributed by atoms with Crippen LogP contribution < -0.4 is 10.0 Å². The first-order chi connectivity index (χ1) is 9.83.